The molecule has 1 aliphatic carbocycles. The summed E-state index contributed by atoms with van der Waals surface area (Å²) in [5.74, 6) is 0.803. The number of fused-ring (bicyclic) bond motifs is 1. The van der Waals surface area contributed by atoms with Crippen LogP contribution in [0.25, 0.3) is 11.2 Å². The third kappa shape index (κ3) is 1.56. The molecule has 1 atom stereocenters. The third-order valence-electron chi connectivity index (χ3n) is 3.61. The van der Waals surface area contributed by atoms with E-state index in [4.69, 9.17) is 5.73 Å². The molecule has 6 nitrogen and oxygen atoms in total. The third-order valence-corrected chi connectivity index (χ3v) is 3.61. The highest BCUT2D eigenvalue weighted by Gasteiger charge is 2.34. The fourth-order valence-electron chi connectivity index (χ4n) is 2.39. The number of hydrogen-bond acceptors (Lipinski definition) is 5. The summed E-state index contributed by atoms with van der Waals surface area (Å²) in [5, 5.41) is 9.47. The number of aliphatic hydroxyl groups excluding tert-OH is 1. The van der Waals surface area contributed by atoms with Crippen molar-refractivity contribution in [1.82, 2.24) is 19.5 Å². The zero-order valence-corrected chi connectivity index (χ0v) is 9.61. The Labute approximate surface area is 98.5 Å². The minimum Gasteiger partial charge on any atom is -0.393 e. The number of rotatable bonds is 2. The molecule has 0 radical (unpaired) electrons. The number of nitrogens with two attached hydrogens (primary N) is 1. The molecule has 1 saturated carbocycles. The summed E-state index contributed by atoms with van der Waals surface area (Å²) < 4.78 is 2.03. The zero-order valence-electron chi connectivity index (χ0n) is 9.61. The zero-order chi connectivity index (χ0) is 12.0. The Hall–Kier alpha value is -1.69. The first kappa shape index (κ1) is 10.5. The topological polar surface area (TPSA) is 89.8 Å². The second-order valence-electron chi connectivity index (χ2n) is 4.71. The maximum atomic E-state index is 9.47. The van der Waals surface area contributed by atoms with Gasteiger partial charge in [-0.05, 0) is 25.7 Å². The Morgan fingerprint density at radius 3 is 2.88 bits per heavy atom. The van der Waals surface area contributed by atoms with Crippen LogP contribution in [0.1, 0.15) is 25.8 Å². The van der Waals surface area contributed by atoms with Crippen molar-refractivity contribution in [2.75, 3.05) is 5.73 Å². The van der Waals surface area contributed by atoms with E-state index in [0.29, 0.717) is 23.3 Å². The van der Waals surface area contributed by atoms with Crippen LogP contribution in [0.4, 0.5) is 5.82 Å². The van der Waals surface area contributed by atoms with E-state index < -0.39 is 0 Å². The summed E-state index contributed by atoms with van der Waals surface area (Å²) in [6, 6.07) is 0.369. The van der Waals surface area contributed by atoms with Crippen molar-refractivity contribution < 1.29 is 5.11 Å². The van der Waals surface area contributed by atoms with Gasteiger partial charge in [0.1, 0.15) is 11.8 Å². The van der Waals surface area contributed by atoms with Crippen molar-refractivity contribution in [3.63, 3.8) is 0 Å². The van der Waals surface area contributed by atoms with Gasteiger partial charge in [0.15, 0.2) is 11.5 Å². The molecule has 6 heteroatoms. The number of hydrogen-bond donors (Lipinski definition) is 2. The standard InChI is InChI=1S/C11H15N5O/c1-6(17)7-2-8(3-7)16-5-15-9-10(12)13-4-14-11(9)16/h4-8,17H,2-3H2,1H3,(H2,12,13,14). The predicted octanol–water partition coefficient (Wildman–Crippen LogP) is 0.740. The van der Waals surface area contributed by atoms with E-state index in [1.54, 1.807) is 6.33 Å². The lowest BCUT2D eigenvalue weighted by Gasteiger charge is -2.37. The van der Waals surface area contributed by atoms with Crippen LogP contribution in [0, 0.1) is 5.92 Å². The Morgan fingerprint density at radius 2 is 2.18 bits per heavy atom. The lowest BCUT2D eigenvalue weighted by Crippen LogP contribution is -2.33. The van der Waals surface area contributed by atoms with Crippen LogP contribution in [0.5, 0.6) is 0 Å². The lowest BCUT2D eigenvalue weighted by atomic mass is 9.77. The molecule has 2 heterocycles. The summed E-state index contributed by atoms with van der Waals surface area (Å²) in [7, 11) is 0. The van der Waals surface area contributed by atoms with Gasteiger partial charge in [0.05, 0.1) is 12.4 Å². The Morgan fingerprint density at radius 1 is 1.41 bits per heavy atom. The Bertz CT molecular complexity index is 544. The van der Waals surface area contributed by atoms with Gasteiger partial charge in [-0.1, -0.05) is 0 Å². The smallest absolute Gasteiger partial charge is 0.165 e. The molecular weight excluding hydrogens is 218 g/mol. The molecule has 3 rings (SSSR count). The number of aromatic nitrogens is 4. The van der Waals surface area contributed by atoms with Crippen LogP contribution in [0.3, 0.4) is 0 Å². The number of anilines is 1. The molecule has 2 aromatic heterocycles. The fourth-order valence-corrected chi connectivity index (χ4v) is 2.39. The second-order valence-corrected chi connectivity index (χ2v) is 4.71. The van der Waals surface area contributed by atoms with Gasteiger partial charge in [0.2, 0.25) is 0 Å². The summed E-state index contributed by atoms with van der Waals surface area (Å²) in [4.78, 5) is 12.4. The van der Waals surface area contributed by atoms with Gasteiger partial charge in [-0.25, -0.2) is 15.0 Å². The van der Waals surface area contributed by atoms with Gasteiger partial charge >= 0.3 is 0 Å². The normalized spacial score (nSPS) is 25.8. The molecule has 1 fully saturated rings. The minimum absolute atomic E-state index is 0.235. The van der Waals surface area contributed by atoms with Crippen molar-refractivity contribution in [1.29, 1.82) is 0 Å². The molecule has 90 valence electrons. The molecule has 0 bridgehead atoms. The van der Waals surface area contributed by atoms with Crippen LogP contribution in [-0.4, -0.2) is 30.7 Å². The van der Waals surface area contributed by atoms with E-state index >= 15 is 0 Å². The minimum atomic E-state index is -0.235. The maximum absolute atomic E-state index is 9.47. The highest BCUT2D eigenvalue weighted by molar-refractivity contribution is 5.81. The molecular formula is C11H15N5O. The van der Waals surface area contributed by atoms with E-state index in [-0.39, 0.29) is 6.10 Å². The highest BCUT2D eigenvalue weighted by Crippen LogP contribution is 2.40. The molecule has 2 aromatic rings. The van der Waals surface area contributed by atoms with E-state index in [1.165, 1.54) is 6.33 Å². The molecule has 0 amide bonds. The molecule has 0 aromatic carbocycles. The molecule has 0 aliphatic heterocycles. The molecule has 1 unspecified atom stereocenters. The van der Waals surface area contributed by atoms with Crippen LogP contribution < -0.4 is 5.73 Å². The van der Waals surface area contributed by atoms with E-state index in [0.717, 1.165) is 18.5 Å². The summed E-state index contributed by atoms with van der Waals surface area (Å²) >= 11 is 0. The fraction of sp³-hybridized carbons (Fsp3) is 0.545. The number of aliphatic hydroxyl groups is 1. The quantitative estimate of drug-likeness (QED) is 0.798. The summed E-state index contributed by atoms with van der Waals surface area (Å²) in [6.45, 7) is 1.84. The summed E-state index contributed by atoms with van der Waals surface area (Å²) in [5.41, 5.74) is 7.18. The van der Waals surface area contributed by atoms with Crippen molar-refractivity contribution in [2.45, 2.75) is 31.9 Å². The average Bonchev–Trinajstić information content (AvgIpc) is 2.61. The van der Waals surface area contributed by atoms with Gasteiger partial charge in [0, 0.05) is 6.04 Å². The maximum Gasteiger partial charge on any atom is 0.165 e. The second kappa shape index (κ2) is 3.66. The van der Waals surface area contributed by atoms with Crippen molar-refractivity contribution in [2.24, 2.45) is 5.92 Å². The molecule has 0 saturated heterocycles. The van der Waals surface area contributed by atoms with Crippen molar-refractivity contribution in [3.05, 3.63) is 12.7 Å². The molecule has 3 N–H and O–H groups in total. The number of imidazole rings is 1. The summed E-state index contributed by atoms with van der Waals surface area (Å²) in [6.07, 6.45) is 4.92. The Kier molecular flexibility index (Phi) is 2.25. The van der Waals surface area contributed by atoms with Gasteiger partial charge in [-0.15, -0.1) is 0 Å². The van der Waals surface area contributed by atoms with Crippen molar-refractivity contribution >= 4 is 17.0 Å². The first-order chi connectivity index (χ1) is 8.16. The highest BCUT2D eigenvalue weighted by atomic mass is 16.3. The van der Waals surface area contributed by atoms with Gasteiger partial charge < -0.3 is 15.4 Å². The Balaban J connectivity index is 1.90. The molecule has 17 heavy (non-hydrogen) atoms. The van der Waals surface area contributed by atoms with Crippen LogP contribution in [0.15, 0.2) is 12.7 Å². The predicted molar refractivity (Wildman–Crippen MR) is 63.2 cm³/mol. The number of nitrogen functional groups attached to an aromatic ring is 1. The molecule has 0 spiro atoms. The van der Waals surface area contributed by atoms with Crippen molar-refractivity contribution in [3.8, 4) is 0 Å². The van der Waals surface area contributed by atoms with Gasteiger partial charge in [-0.2, -0.15) is 0 Å². The van der Waals surface area contributed by atoms with E-state index in [1.807, 2.05) is 11.5 Å². The number of nitrogens with zero attached hydrogens (tertiary/aromatic N) is 4. The van der Waals surface area contributed by atoms with E-state index in [2.05, 4.69) is 15.0 Å². The van der Waals surface area contributed by atoms with Gasteiger partial charge in [0.25, 0.3) is 0 Å². The monoisotopic (exact) mass is 233 g/mol. The average molecular weight is 233 g/mol. The van der Waals surface area contributed by atoms with Crippen LogP contribution in [0.2, 0.25) is 0 Å². The van der Waals surface area contributed by atoms with Crippen LogP contribution in [-0.2, 0) is 0 Å². The van der Waals surface area contributed by atoms with Crippen LogP contribution >= 0.6 is 0 Å². The largest absolute Gasteiger partial charge is 0.393 e. The molecule has 1 aliphatic rings. The first-order valence-electron chi connectivity index (χ1n) is 5.78. The SMILES string of the molecule is CC(O)C1CC(n2cnc3c(N)ncnc32)C1. The first-order valence-corrected chi connectivity index (χ1v) is 5.78. The van der Waals surface area contributed by atoms with E-state index in [9.17, 15) is 5.11 Å². The lowest BCUT2D eigenvalue weighted by molar-refractivity contribution is 0.0455. The van der Waals surface area contributed by atoms with Gasteiger partial charge in [-0.3, -0.25) is 0 Å².